The smallest absolute Gasteiger partial charge is 0.293 e. The zero-order valence-electron chi connectivity index (χ0n) is 8.76. The molecule has 1 aromatic rings. The first kappa shape index (κ1) is 10.5. The number of hydrogen-bond acceptors (Lipinski definition) is 5. The third-order valence-corrected chi connectivity index (χ3v) is 4.42. The SMILES string of the molecule is O=C[B]N1CC2CONC2(c2cccs2)C1. The van der Waals surface area contributed by atoms with Gasteiger partial charge in [-0.3, -0.25) is 0 Å². The van der Waals surface area contributed by atoms with E-state index in [1.165, 1.54) is 4.88 Å². The average molecular weight is 235 g/mol. The van der Waals surface area contributed by atoms with Gasteiger partial charge in [0.25, 0.3) is 7.41 Å². The van der Waals surface area contributed by atoms with Crippen molar-refractivity contribution < 1.29 is 9.63 Å². The van der Waals surface area contributed by atoms with E-state index in [1.54, 1.807) is 18.8 Å². The Morgan fingerprint density at radius 2 is 2.69 bits per heavy atom. The Morgan fingerprint density at radius 1 is 1.75 bits per heavy atom. The van der Waals surface area contributed by atoms with Gasteiger partial charge in [0.15, 0.2) is 0 Å². The van der Waals surface area contributed by atoms with E-state index < -0.39 is 0 Å². The molecule has 0 saturated carbocycles. The molecule has 0 spiro atoms. The maximum Gasteiger partial charge on any atom is 0.293 e. The Kier molecular flexibility index (Phi) is 2.59. The van der Waals surface area contributed by atoms with Crippen molar-refractivity contribution in [3.63, 3.8) is 0 Å². The lowest BCUT2D eigenvalue weighted by Crippen LogP contribution is -2.43. The number of nitrogens with zero attached hydrogens (tertiary/aromatic N) is 1. The molecule has 3 rings (SSSR count). The zero-order valence-corrected chi connectivity index (χ0v) is 9.57. The van der Waals surface area contributed by atoms with Crippen LogP contribution >= 0.6 is 11.3 Å². The summed E-state index contributed by atoms with van der Waals surface area (Å²) in [5.41, 5.74) is 3.04. The predicted molar refractivity (Wildman–Crippen MR) is 62.7 cm³/mol. The molecule has 0 bridgehead atoms. The molecular formula is C10H12BN2O2S. The van der Waals surface area contributed by atoms with Crippen molar-refractivity contribution >= 4 is 24.9 Å². The highest BCUT2D eigenvalue weighted by molar-refractivity contribution is 7.10. The minimum absolute atomic E-state index is 0.117. The fourth-order valence-corrected chi connectivity index (χ4v) is 3.54. The minimum Gasteiger partial charge on any atom is -0.337 e. The van der Waals surface area contributed by atoms with Gasteiger partial charge in [0.1, 0.15) is 0 Å². The fraction of sp³-hybridized carbons (Fsp3) is 0.500. The molecule has 2 atom stereocenters. The summed E-state index contributed by atoms with van der Waals surface area (Å²) in [5, 5.41) is 2.08. The molecule has 3 heterocycles. The van der Waals surface area contributed by atoms with Crippen molar-refractivity contribution in [2.24, 2.45) is 5.92 Å². The summed E-state index contributed by atoms with van der Waals surface area (Å²) in [4.78, 5) is 19.3. The fourth-order valence-electron chi connectivity index (χ4n) is 2.60. The quantitative estimate of drug-likeness (QED) is 0.601. The molecule has 0 amide bonds. The van der Waals surface area contributed by atoms with E-state index >= 15 is 0 Å². The molecule has 0 aliphatic carbocycles. The number of rotatable bonds is 3. The van der Waals surface area contributed by atoms with Gasteiger partial charge < -0.3 is 14.4 Å². The predicted octanol–water partition coefficient (Wildman–Crippen LogP) is 0.219. The minimum atomic E-state index is -0.117. The topological polar surface area (TPSA) is 41.6 Å². The molecule has 1 N–H and O–H groups in total. The second-order valence-corrected chi connectivity index (χ2v) is 5.22. The van der Waals surface area contributed by atoms with Crippen LogP contribution in [-0.2, 0) is 15.2 Å². The van der Waals surface area contributed by atoms with Crippen molar-refractivity contribution in [1.82, 2.24) is 10.3 Å². The molecule has 83 valence electrons. The van der Waals surface area contributed by atoms with Crippen LogP contribution in [-0.4, -0.2) is 38.1 Å². The Morgan fingerprint density at radius 3 is 3.44 bits per heavy atom. The average Bonchev–Trinajstić information content (AvgIpc) is 2.89. The second-order valence-electron chi connectivity index (χ2n) is 4.27. The van der Waals surface area contributed by atoms with Crippen LogP contribution in [0.25, 0.3) is 0 Å². The van der Waals surface area contributed by atoms with Crippen LogP contribution in [0.15, 0.2) is 17.5 Å². The van der Waals surface area contributed by atoms with Gasteiger partial charge in [-0.15, -0.1) is 11.3 Å². The number of carbonyl (C=O) groups is 1. The van der Waals surface area contributed by atoms with E-state index in [0.29, 0.717) is 12.5 Å². The van der Waals surface area contributed by atoms with Gasteiger partial charge in [-0.25, -0.2) is 0 Å². The van der Waals surface area contributed by atoms with Gasteiger partial charge in [0.2, 0.25) is 0 Å². The summed E-state index contributed by atoms with van der Waals surface area (Å²) >= 11 is 1.74. The second kappa shape index (κ2) is 3.96. The van der Waals surface area contributed by atoms with E-state index in [0.717, 1.165) is 19.3 Å². The molecule has 16 heavy (non-hydrogen) atoms. The van der Waals surface area contributed by atoms with Crippen LogP contribution in [0.3, 0.4) is 0 Å². The number of fused-ring (bicyclic) bond motifs is 1. The summed E-state index contributed by atoms with van der Waals surface area (Å²) < 4.78 is 0. The highest BCUT2D eigenvalue weighted by atomic mass is 32.1. The summed E-state index contributed by atoms with van der Waals surface area (Å²) in [6, 6.07) is 4.18. The van der Waals surface area contributed by atoms with Gasteiger partial charge in [0, 0.05) is 17.3 Å². The third-order valence-electron chi connectivity index (χ3n) is 3.38. The highest BCUT2D eigenvalue weighted by Crippen LogP contribution is 2.41. The first-order chi connectivity index (χ1) is 7.85. The molecule has 1 radical (unpaired) electrons. The van der Waals surface area contributed by atoms with Crippen LogP contribution in [0.1, 0.15) is 4.88 Å². The molecule has 4 nitrogen and oxygen atoms in total. The monoisotopic (exact) mass is 235 g/mol. The van der Waals surface area contributed by atoms with Gasteiger partial charge in [-0.1, -0.05) is 6.07 Å². The lowest BCUT2D eigenvalue weighted by atomic mass is 9.88. The molecule has 2 fully saturated rings. The molecule has 2 unspecified atom stereocenters. The Labute approximate surface area is 98.8 Å². The summed E-state index contributed by atoms with van der Waals surface area (Å²) in [7, 11) is 1.62. The Hall–Kier alpha value is -0.685. The number of hydroxylamine groups is 1. The Bertz CT molecular complexity index is 386. The number of nitrogens with one attached hydrogen (secondary N) is 1. The Balaban J connectivity index is 1.89. The zero-order chi connectivity index (χ0) is 11.0. The largest absolute Gasteiger partial charge is 0.337 e. The number of carbonyl (C=O) groups excluding carboxylic acids is 1. The lowest BCUT2D eigenvalue weighted by Gasteiger charge is -2.26. The van der Waals surface area contributed by atoms with Crippen molar-refractivity contribution in [3.05, 3.63) is 22.4 Å². The van der Waals surface area contributed by atoms with Crippen molar-refractivity contribution in [2.75, 3.05) is 19.7 Å². The van der Waals surface area contributed by atoms with Crippen molar-refractivity contribution in [2.45, 2.75) is 5.54 Å². The molecule has 6 heteroatoms. The third kappa shape index (κ3) is 1.45. The maximum atomic E-state index is 10.5. The standard InChI is InChI=1S/C10H12BN2O2S/c14-7-11-13-4-8-5-15-12-10(8,6-13)9-2-1-3-16-9/h1-3,7-8,12H,4-6H2. The van der Waals surface area contributed by atoms with E-state index in [-0.39, 0.29) is 5.54 Å². The molecule has 2 aliphatic rings. The highest BCUT2D eigenvalue weighted by Gasteiger charge is 2.52. The lowest BCUT2D eigenvalue weighted by molar-refractivity contribution is 0.0554. The van der Waals surface area contributed by atoms with Crippen molar-refractivity contribution in [3.8, 4) is 0 Å². The van der Waals surface area contributed by atoms with Crippen molar-refractivity contribution in [1.29, 1.82) is 0 Å². The van der Waals surface area contributed by atoms with Crippen LogP contribution in [0.5, 0.6) is 0 Å². The first-order valence-corrected chi connectivity index (χ1v) is 6.19. The van der Waals surface area contributed by atoms with E-state index in [9.17, 15) is 4.79 Å². The molecule has 0 aromatic carbocycles. The number of hydrogen-bond donors (Lipinski definition) is 1. The first-order valence-electron chi connectivity index (χ1n) is 5.31. The molecular weight excluding hydrogens is 223 g/mol. The van der Waals surface area contributed by atoms with Crippen LogP contribution in [0.2, 0.25) is 0 Å². The van der Waals surface area contributed by atoms with E-state index in [1.807, 2.05) is 0 Å². The summed E-state index contributed by atoms with van der Waals surface area (Å²) in [5.74, 6) is 0.419. The maximum absolute atomic E-state index is 10.5. The summed E-state index contributed by atoms with van der Waals surface area (Å²) in [6.45, 7) is 2.39. The number of thiophene rings is 1. The molecule has 2 saturated heterocycles. The van der Waals surface area contributed by atoms with Crippen LogP contribution in [0.4, 0.5) is 0 Å². The normalized spacial score (nSPS) is 33.9. The van der Waals surface area contributed by atoms with Gasteiger partial charge >= 0.3 is 0 Å². The van der Waals surface area contributed by atoms with Gasteiger partial charge in [0.05, 0.1) is 18.3 Å². The van der Waals surface area contributed by atoms with Gasteiger partial charge in [-0.2, -0.15) is 5.48 Å². The van der Waals surface area contributed by atoms with Crippen LogP contribution in [0, 0.1) is 5.92 Å². The van der Waals surface area contributed by atoms with Crippen LogP contribution < -0.4 is 5.48 Å². The summed E-state index contributed by atoms with van der Waals surface area (Å²) in [6.07, 6.45) is 0.851. The molecule has 1 aromatic heterocycles. The van der Waals surface area contributed by atoms with E-state index in [2.05, 4.69) is 27.8 Å². The van der Waals surface area contributed by atoms with Gasteiger partial charge in [-0.05, 0) is 18.0 Å². The molecule has 2 aliphatic heterocycles. The van der Waals surface area contributed by atoms with E-state index in [4.69, 9.17) is 4.84 Å².